The number of nitrogens with zero attached hydrogens (tertiary/aromatic N) is 1. The van der Waals surface area contributed by atoms with Crippen molar-refractivity contribution in [3.63, 3.8) is 0 Å². The van der Waals surface area contributed by atoms with Gasteiger partial charge in [-0.3, -0.25) is 4.90 Å². The summed E-state index contributed by atoms with van der Waals surface area (Å²) in [4.78, 5) is 2.02. The van der Waals surface area contributed by atoms with Crippen LogP contribution in [0.15, 0.2) is 0 Å². The second-order valence-corrected chi connectivity index (χ2v) is 3.68. The number of aliphatic hydroxyl groups is 3. The summed E-state index contributed by atoms with van der Waals surface area (Å²) in [6.45, 7) is 0.832. The average molecular weight is 173 g/mol. The van der Waals surface area contributed by atoms with Gasteiger partial charge in [-0.15, -0.1) is 0 Å². The minimum Gasteiger partial charge on any atom is -0.395 e. The summed E-state index contributed by atoms with van der Waals surface area (Å²) in [5, 5.41) is 28.1. The van der Waals surface area contributed by atoms with Crippen LogP contribution in [0.25, 0.3) is 0 Å². The molecule has 0 aromatic rings. The van der Waals surface area contributed by atoms with Crippen LogP contribution in [-0.4, -0.2) is 57.7 Å². The maximum Gasteiger partial charge on any atom is 0.0991 e. The SMILES string of the molecule is OC[C@H]1[C@@H](O)[C@@H](O)[C@H]2CCCN21. The molecule has 2 aliphatic rings. The van der Waals surface area contributed by atoms with E-state index in [0.29, 0.717) is 0 Å². The van der Waals surface area contributed by atoms with Crippen LogP contribution < -0.4 is 0 Å². The lowest BCUT2D eigenvalue weighted by Gasteiger charge is -2.21. The summed E-state index contributed by atoms with van der Waals surface area (Å²) in [6, 6.07) is -0.162. The normalized spacial score (nSPS) is 48.2. The third-order valence-corrected chi connectivity index (χ3v) is 3.09. The first-order chi connectivity index (χ1) is 5.75. The quantitative estimate of drug-likeness (QED) is 0.454. The van der Waals surface area contributed by atoms with E-state index in [1.54, 1.807) is 0 Å². The lowest BCUT2D eigenvalue weighted by Crippen LogP contribution is -2.38. The number of fused-ring (bicyclic) bond motifs is 1. The van der Waals surface area contributed by atoms with E-state index in [1.165, 1.54) is 0 Å². The van der Waals surface area contributed by atoms with E-state index in [4.69, 9.17) is 5.11 Å². The molecule has 0 amide bonds. The van der Waals surface area contributed by atoms with E-state index in [9.17, 15) is 10.2 Å². The molecule has 12 heavy (non-hydrogen) atoms. The number of aliphatic hydroxyl groups excluding tert-OH is 3. The molecule has 2 rings (SSSR count). The largest absolute Gasteiger partial charge is 0.395 e. The third kappa shape index (κ3) is 0.992. The van der Waals surface area contributed by atoms with Crippen molar-refractivity contribution in [2.24, 2.45) is 0 Å². The Hall–Kier alpha value is -0.160. The minimum absolute atomic E-state index is 0.0608. The Bertz CT molecular complexity index is 174. The molecule has 0 aromatic carbocycles. The lowest BCUT2D eigenvalue weighted by molar-refractivity contribution is 0.0154. The van der Waals surface area contributed by atoms with Gasteiger partial charge in [0, 0.05) is 6.04 Å². The first-order valence-electron chi connectivity index (χ1n) is 4.48. The standard InChI is InChI=1S/C8H15NO3/c10-4-6-8(12)7(11)5-2-1-3-9(5)6/h5-8,10-12H,1-4H2/t5-,6+,7+,8-/m1/s1. The topological polar surface area (TPSA) is 63.9 Å². The maximum absolute atomic E-state index is 9.57. The Morgan fingerprint density at radius 1 is 1.25 bits per heavy atom. The van der Waals surface area contributed by atoms with Gasteiger partial charge in [-0.2, -0.15) is 0 Å². The second-order valence-electron chi connectivity index (χ2n) is 3.68. The fourth-order valence-electron chi connectivity index (χ4n) is 2.46. The van der Waals surface area contributed by atoms with Crippen LogP contribution in [-0.2, 0) is 0 Å². The van der Waals surface area contributed by atoms with E-state index in [0.717, 1.165) is 19.4 Å². The van der Waals surface area contributed by atoms with Gasteiger partial charge in [-0.05, 0) is 19.4 Å². The Balaban J connectivity index is 2.15. The van der Waals surface area contributed by atoms with Crippen molar-refractivity contribution in [2.75, 3.05) is 13.2 Å². The summed E-state index contributed by atoms with van der Waals surface area (Å²) >= 11 is 0. The highest BCUT2D eigenvalue weighted by Gasteiger charge is 2.48. The van der Waals surface area contributed by atoms with Crippen LogP contribution in [0.5, 0.6) is 0 Å². The molecule has 0 unspecified atom stereocenters. The van der Waals surface area contributed by atoms with Crippen LogP contribution in [0.2, 0.25) is 0 Å². The fraction of sp³-hybridized carbons (Fsp3) is 1.00. The van der Waals surface area contributed by atoms with Gasteiger partial charge in [0.1, 0.15) is 0 Å². The van der Waals surface area contributed by atoms with Crippen LogP contribution in [0.4, 0.5) is 0 Å². The third-order valence-electron chi connectivity index (χ3n) is 3.09. The van der Waals surface area contributed by atoms with Gasteiger partial charge < -0.3 is 15.3 Å². The molecule has 4 nitrogen and oxygen atoms in total. The summed E-state index contributed by atoms with van der Waals surface area (Å²) in [7, 11) is 0. The van der Waals surface area contributed by atoms with Gasteiger partial charge in [-0.1, -0.05) is 0 Å². The molecular weight excluding hydrogens is 158 g/mol. The average Bonchev–Trinajstić information content (AvgIpc) is 2.59. The summed E-state index contributed by atoms with van der Waals surface area (Å²) in [6.07, 6.45) is 0.574. The summed E-state index contributed by atoms with van der Waals surface area (Å²) < 4.78 is 0. The van der Waals surface area contributed by atoms with Crippen molar-refractivity contribution < 1.29 is 15.3 Å². The van der Waals surface area contributed by atoms with Gasteiger partial charge >= 0.3 is 0 Å². The van der Waals surface area contributed by atoms with E-state index < -0.39 is 12.2 Å². The Morgan fingerprint density at radius 2 is 2.00 bits per heavy atom. The fourth-order valence-corrected chi connectivity index (χ4v) is 2.46. The van der Waals surface area contributed by atoms with Gasteiger partial charge in [-0.25, -0.2) is 0 Å². The van der Waals surface area contributed by atoms with Gasteiger partial charge in [0.2, 0.25) is 0 Å². The van der Waals surface area contributed by atoms with Gasteiger partial charge in [0.25, 0.3) is 0 Å². The van der Waals surface area contributed by atoms with E-state index >= 15 is 0 Å². The van der Waals surface area contributed by atoms with Crippen LogP contribution >= 0.6 is 0 Å². The molecule has 70 valence electrons. The predicted molar refractivity (Wildman–Crippen MR) is 42.6 cm³/mol. The molecule has 0 spiro atoms. The van der Waals surface area contributed by atoms with E-state index in [1.807, 2.05) is 4.90 Å². The van der Waals surface area contributed by atoms with Crippen molar-refractivity contribution in [2.45, 2.75) is 37.1 Å². The van der Waals surface area contributed by atoms with Crippen LogP contribution in [0, 0.1) is 0 Å². The molecule has 0 radical (unpaired) electrons. The van der Waals surface area contributed by atoms with Crippen molar-refractivity contribution in [1.82, 2.24) is 4.90 Å². The molecule has 0 aromatic heterocycles. The highest BCUT2D eigenvalue weighted by Crippen LogP contribution is 2.32. The Morgan fingerprint density at radius 3 is 2.67 bits per heavy atom. The molecule has 4 atom stereocenters. The molecule has 2 heterocycles. The molecular formula is C8H15NO3. The molecule has 0 bridgehead atoms. The van der Waals surface area contributed by atoms with Crippen molar-refractivity contribution in [1.29, 1.82) is 0 Å². The van der Waals surface area contributed by atoms with Gasteiger partial charge in [0.05, 0.1) is 24.9 Å². The number of rotatable bonds is 1. The number of hydrogen-bond donors (Lipinski definition) is 3. The molecule has 0 aliphatic carbocycles. The Kier molecular flexibility index (Phi) is 2.08. The van der Waals surface area contributed by atoms with Crippen LogP contribution in [0.1, 0.15) is 12.8 Å². The molecule has 2 aliphatic heterocycles. The minimum atomic E-state index is -0.764. The molecule has 2 saturated heterocycles. The molecule has 2 fully saturated rings. The highest BCUT2D eigenvalue weighted by molar-refractivity contribution is 5.03. The van der Waals surface area contributed by atoms with Crippen molar-refractivity contribution in [3.05, 3.63) is 0 Å². The zero-order valence-corrected chi connectivity index (χ0v) is 6.93. The zero-order valence-electron chi connectivity index (χ0n) is 6.93. The highest BCUT2D eigenvalue weighted by atomic mass is 16.3. The smallest absolute Gasteiger partial charge is 0.0991 e. The Labute approximate surface area is 71.4 Å². The first kappa shape index (κ1) is 8.44. The number of hydrogen-bond acceptors (Lipinski definition) is 4. The lowest BCUT2D eigenvalue weighted by atomic mass is 10.1. The molecule has 4 heteroatoms. The second kappa shape index (κ2) is 2.96. The maximum atomic E-state index is 9.57. The first-order valence-corrected chi connectivity index (χ1v) is 4.48. The molecule has 0 saturated carbocycles. The van der Waals surface area contributed by atoms with Gasteiger partial charge in [0.15, 0.2) is 0 Å². The zero-order chi connectivity index (χ0) is 8.72. The van der Waals surface area contributed by atoms with E-state index in [-0.39, 0.29) is 18.7 Å². The summed E-state index contributed by atoms with van der Waals surface area (Å²) in [5.41, 5.74) is 0. The van der Waals surface area contributed by atoms with Crippen molar-refractivity contribution in [3.8, 4) is 0 Å². The van der Waals surface area contributed by atoms with Crippen molar-refractivity contribution >= 4 is 0 Å². The molecule has 3 N–H and O–H groups in total. The van der Waals surface area contributed by atoms with E-state index in [2.05, 4.69) is 0 Å². The monoisotopic (exact) mass is 173 g/mol. The summed E-state index contributed by atoms with van der Waals surface area (Å²) in [5.74, 6) is 0. The van der Waals surface area contributed by atoms with Crippen LogP contribution in [0.3, 0.4) is 0 Å². The predicted octanol–water partition coefficient (Wildman–Crippen LogP) is -1.45.